The quantitative estimate of drug-likeness (QED) is 0.0158. The molecule has 6 rings (SSSR count). The lowest BCUT2D eigenvalue weighted by atomic mass is 10.1. The molecule has 0 radical (unpaired) electrons. The van der Waals surface area contributed by atoms with Gasteiger partial charge >= 0.3 is 0 Å². The first-order valence-electron chi connectivity index (χ1n) is 15.7. The lowest BCUT2D eigenvalue weighted by molar-refractivity contribution is -0.434. The molecule has 0 amide bonds. The van der Waals surface area contributed by atoms with E-state index in [0.717, 1.165) is 30.3 Å². The maximum absolute atomic E-state index is 12.8. The van der Waals surface area contributed by atoms with Gasteiger partial charge in [-0.15, -0.1) is 9.45 Å². The van der Waals surface area contributed by atoms with Crippen molar-refractivity contribution < 1.29 is 66.1 Å². The molecule has 310 valence electrons. The average molecular weight is 930 g/mol. The number of benzene rings is 5. The highest BCUT2D eigenvalue weighted by Gasteiger charge is 2.26. The Kier molecular flexibility index (Phi) is 12.5. The molecule has 0 aliphatic heterocycles. The highest BCUT2D eigenvalue weighted by Crippen LogP contribution is 2.39. The Bertz CT molecular complexity index is 3110. The van der Waals surface area contributed by atoms with Crippen LogP contribution in [0.15, 0.2) is 115 Å². The zero-order valence-corrected chi connectivity index (χ0v) is 33.9. The molecule has 0 saturated carbocycles. The van der Waals surface area contributed by atoms with Crippen molar-refractivity contribution in [3.05, 3.63) is 90.2 Å². The van der Waals surface area contributed by atoms with Crippen molar-refractivity contribution >= 4 is 120 Å². The second-order valence-electron chi connectivity index (χ2n) is 11.7. The van der Waals surface area contributed by atoms with E-state index in [2.05, 4.69) is 45.2 Å². The minimum absolute atomic E-state index is 0.0161. The van der Waals surface area contributed by atoms with Gasteiger partial charge in [0.2, 0.25) is 27.0 Å². The predicted molar refractivity (Wildman–Crippen MR) is 209 cm³/mol. The highest BCUT2D eigenvalue weighted by atomic mass is 35.5. The summed E-state index contributed by atoms with van der Waals surface area (Å²) in [7, 11) is -18.8. The fraction of sp³-hybridized carbons (Fsp3) is 0.0645. The third-order valence-electron chi connectivity index (χ3n) is 7.95. The van der Waals surface area contributed by atoms with E-state index in [4.69, 9.17) is 21.0 Å². The molecule has 1 unspecified atom stereocenters. The maximum atomic E-state index is 12.8. The van der Waals surface area contributed by atoms with Gasteiger partial charge in [-0.2, -0.15) is 45.3 Å². The van der Waals surface area contributed by atoms with Gasteiger partial charge in [0.25, 0.3) is 30.4 Å². The number of halogens is 1. The monoisotopic (exact) mass is 929 g/mol. The van der Waals surface area contributed by atoms with E-state index in [0.29, 0.717) is 0 Å². The average Bonchev–Trinajstić information content (AvgIpc) is 3.15. The minimum Gasteiger partial charge on any atom is -0.324 e. The van der Waals surface area contributed by atoms with E-state index in [9.17, 15) is 47.3 Å². The van der Waals surface area contributed by atoms with Gasteiger partial charge in [0, 0.05) is 27.2 Å². The fourth-order valence-electron chi connectivity index (χ4n) is 5.45. The Morgan fingerprint density at radius 1 is 0.695 bits per heavy atom. The van der Waals surface area contributed by atoms with Crippen LogP contribution >= 0.6 is 23.9 Å². The standard InChI is InChI=1S/C31H24ClN7O15S5/c1-16(52-55-54-53-40)56(41,42)19-10-8-17(9-11-19)33-30-35-29(32)36-31(37-30)34-24-13-12-23(21-5-3-7-26(28(21)24)58(46,47)48)39-38-18-14-22-20(27(15-18)59(49,50)51)4-2-6-25(22)57(43,44)45/h2-16,40H,1H3,(H,43,44,45)(H,46,47,48)(H,49,50,51)(H2,33,34,35,36,37). The molecular weight excluding hydrogens is 906 g/mol. The molecule has 0 saturated heterocycles. The summed E-state index contributed by atoms with van der Waals surface area (Å²) >= 11 is 6.27. The molecule has 6 N–H and O–H groups in total. The van der Waals surface area contributed by atoms with E-state index < -0.39 is 60.3 Å². The molecule has 1 aromatic heterocycles. The summed E-state index contributed by atoms with van der Waals surface area (Å²) in [5, 5.41) is 24.3. The van der Waals surface area contributed by atoms with Crippen LogP contribution in [0.4, 0.5) is 34.6 Å². The van der Waals surface area contributed by atoms with Crippen molar-refractivity contribution in [2.24, 2.45) is 10.2 Å². The molecule has 0 fully saturated rings. The number of aromatic nitrogens is 3. The number of sulfone groups is 1. The number of fused-ring (bicyclic) bond motifs is 2. The van der Waals surface area contributed by atoms with E-state index in [-0.39, 0.29) is 78.7 Å². The smallest absolute Gasteiger partial charge is 0.295 e. The Hall–Kier alpha value is -5.01. The summed E-state index contributed by atoms with van der Waals surface area (Å²) in [6.07, 6.45) is 0. The number of hydrogen-bond donors (Lipinski definition) is 6. The molecular formula is C31H24ClN7O15S5. The van der Waals surface area contributed by atoms with E-state index in [1.165, 1.54) is 61.5 Å². The number of azo groups is 1. The summed E-state index contributed by atoms with van der Waals surface area (Å²) in [4.78, 5) is 10.1. The summed E-state index contributed by atoms with van der Waals surface area (Å²) < 4.78 is 138. The fourth-order valence-corrected chi connectivity index (χ4v) is 9.34. The Balaban J connectivity index is 1.36. The van der Waals surface area contributed by atoms with Gasteiger partial charge in [-0.25, -0.2) is 13.7 Å². The Labute approximate surface area is 342 Å². The van der Waals surface area contributed by atoms with Crippen LogP contribution in [0.3, 0.4) is 0 Å². The van der Waals surface area contributed by atoms with Crippen molar-refractivity contribution in [2.45, 2.75) is 31.9 Å². The van der Waals surface area contributed by atoms with Gasteiger partial charge in [-0.3, -0.25) is 17.8 Å². The number of hydrogen-bond acceptors (Lipinski definition) is 20. The van der Waals surface area contributed by atoms with Crippen molar-refractivity contribution in [3.8, 4) is 0 Å². The number of nitrogens with one attached hydrogen (secondary N) is 2. The van der Waals surface area contributed by atoms with Crippen LogP contribution in [-0.4, -0.2) is 73.0 Å². The first-order chi connectivity index (χ1) is 27.7. The third kappa shape index (κ3) is 9.90. The zero-order valence-electron chi connectivity index (χ0n) is 29.1. The van der Waals surface area contributed by atoms with Crippen LogP contribution in [-0.2, 0) is 53.7 Å². The van der Waals surface area contributed by atoms with Crippen molar-refractivity contribution in [1.29, 1.82) is 0 Å². The number of anilines is 4. The maximum Gasteiger partial charge on any atom is 0.295 e. The van der Waals surface area contributed by atoms with Gasteiger partial charge in [0.15, 0.2) is 17.8 Å². The van der Waals surface area contributed by atoms with Crippen LogP contribution in [0.1, 0.15) is 6.92 Å². The molecule has 1 atom stereocenters. The third-order valence-corrected chi connectivity index (χ3v) is 13.3. The first kappa shape index (κ1) is 43.6. The highest BCUT2D eigenvalue weighted by molar-refractivity contribution is 7.94. The SMILES string of the molecule is CC(OSOOO)S(=O)(=O)c1ccc(Nc2nc(Cl)nc(Nc3ccc(N=Nc4cc(S(=O)(=O)O)c5cccc(S(=O)(=O)O)c5c4)c4cccc(S(=O)(=O)O)c34)n2)cc1. The molecule has 0 bridgehead atoms. The zero-order chi connectivity index (χ0) is 42.9. The van der Waals surface area contributed by atoms with Crippen molar-refractivity contribution in [3.63, 3.8) is 0 Å². The van der Waals surface area contributed by atoms with Crippen LogP contribution in [0.25, 0.3) is 21.5 Å². The van der Waals surface area contributed by atoms with Crippen LogP contribution in [0.2, 0.25) is 5.28 Å². The van der Waals surface area contributed by atoms with Gasteiger partial charge in [-0.05, 0) is 79.2 Å². The summed E-state index contributed by atoms with van der Waals surface area (Å²) in [5.74, 6) is -0.396. The lowest BCUT2D eigenvalue weighted by Gasteiger charge is -2.14. The van der Waals surface area contributed by atoms with Gasteiger partial charge in [0.05, 0.1) is 22.0 Å². The first-order valence-corrected chi connectivity index (χ1v) is 22.6. The van der Waals surface area contributed by atoms with Crippen molar-refractivity contribution in [2.75, 3.05) is 10.6 Å². The van der Waals surface area contributed by atoms with E-state index in [1.54, 1.807) is 0 Å². The molecule has 22 nitrogen and oxygen atoms in total. The Morgan fingerprint density at radius 2 is 1.31 bits per heavy atom. The molecule has 5 aromatic carbocycles. The second-order valence-corrected chi connectivity index (χ2v) is 18.9. The topological polar surface area (TPSA) is 333 Å². The minimum atomic E-state index is -4.98. The number of rotatable bonds is 15. The molecule has 59 heavy (non-hydrogen) atoms. The largest absolute Gasteiger partial charge is 0.324 e. The van der Waals surface area contributed by atoms with Crippen LogP contribution in [0.5, 0.6) is 0 Å². The van der Waals surface area contributed by atoms with Crippen LogP contribution < -0.4 is 10.6 Å². The molecule has 1 heterocycles. The normalized spacial score (nSPS) is 13.3. The Morgan fingerprint density at radius 3 is 1.93 bits per heavy atom. The summed E-state index contributed by atoms with van der Waals surface area (Å²) in [6, 6.07) is 17.0. The van der Waals surface area contributed by atoms with Crippen molar-refractivity contribution in [1.82, 2.24) is 15.0 Å². The molecule has 28 heteroatoms. The molecule has 6 aromatic rings. The number of nitrogens with zero attached hydrogens (tertiary/aromatic N) is 5. The van der Waals surface area contributed by atoms with Gasteiger partial charge in [0.1, 0.15) is 14.7 Å². The molecule has 0 aliphatic rings. The second kappa shape index (κ2) is 16.9. The van der Waals surface area contributed by atoms with E-state index in [1.807, 2.05) is 0 Å². The summed E-state index contributed by atoms with van der Waals surface area (Å²) in [5.41, 5.74) is -1.50. The summed E-state index contributed by atoms with van der Waals surface area (Å²) in [6.45, 7) is 1.22. The predicted octanol–water partition coefficient (Wildman–Crippen LogP) is 6.59. The molecule has 0 aliphatic carbocycles. The molecule has 0 spiro atoms. The van der Waals surface area contributed by atoms with Crippen LogP contribution in [0, 0.1) is 0 Å². The lowest BCUT2D eigenvalue weighted by Crippen LogP contribution is -2.19. The van der Waals surface area contributed by atoms with Gasteiger partial charge < -0.3 is 10.6 Å². The van der Waals surface area contributed by atoms with E-state index >= 15 is 0 Å². The van der Waals surface area contributed by atoms with Gasteiger partial charge in [-0.1, -0.05) is 29.3 Å².